The smallest absolute Gasteiger partial charge is 0.418 e. The molecule has 1 aliphatic heterocycles. The van der Waals surface area contributed by atoms with Gasteiger partial charge in [0, 0.05) is 24.1 Å². The average Bonchev–Trinajstić information content (AvgIpc) is 3.02. The van der Waals surface area contributed by atoms with Gasteiger partial charge in [-0.2, -0.15) is 18.4 Å². The number of carbonyl (C=O) groups excluding carboxylic acids is 2. The number of rotatable bonds is 6. The highest BCUT2D eigenvalue weighted by atomic mass is 19.4. The van der Waals surface area contributed by atoms with Gasteiger partial charge in [-0.1, -0.05) is 6.07 Å². The number of carboxylic acid groups (broad SMARTS) is 1. The quantitative estimate of drug-likeness (QED) is 0.609. The average molecular weight is 447 g/mol. The minimum atomic E-state index is -4.82. The number of hydrogen-bond acceptors (Lipinski definition) is 6. The Hall–Kier alpha value is -4.14. The van der Waals surface area contributed by atoms with Crippen LogP contribution in [0.25, 0.3) is 11.3 Å². The minimum Gasteiger partial charge on any atom is -0.481 e. The summed E-state index contributed by atoms with van der Waals surface area (Å²) >= 11 is 0. The lowest BCUT2D eigenvalue weighted by Crippen LogP contribution is -2.45. The third-order valence-electron chi connectivity index (χ3n) is 5.02. The molecular formula is C20H16F3N5O4. The van der Waals surface area contributed by atoms with Crippen molar-refractivity contribution in [3.05, 3.63) is 46.5 Å². The molecule has 0 saturated heterocycles. The lowest BCUT2D eigenvalue weighted by Gasteiger charge is -2.24. The molecule has 12 heteroatoms. The van der Waals surface area contributed by atoms with Gasteiger partial charge in [-0.05, 0) is 30.2 Å². The van der Waals surface area contributed by atoms with E-state index in [2.05, 4.69) is 4.98 Å². The number of nitrogens with zero attached hydrogens (tertiary/aromatic N) is 3. The third-order valence-corrected chi connectivity index (χ3v) is 5.02. The maximum Gasteiger partial charge on any atom is 0.418 e. The molecule has 2 aromatic rings. The molecule has 1 aromatic heterocycles. The summed E-state index contributed by atoms with van der Waals surface area (Å²) in [6.07, 6.45) is -5.43. The molecule has 3 rings (SSSR count). The van der Waals surface area contributed by atoms with Crippen molar-refractivity contribution in [3.63, 3.8) is 0 Å². The first-order chi connectivity index (χ1) is 14.9. The van der Waals surface area contributed by atoms with Crippen molar-refractivity contribution in [2.75, 3.05) is 5.73 Å². The second kappa shape index (κ2) is 8.18. The van der Waals surface area contributed by atoms with Crippen molar-refractivity contribution in [3.8, 4) is 17.3 Å². The van der Waals surface area contributed by atoms with Crippen molar-refractivity contribution < 1.29 is 32.7 Å². The summed E-state index contributed by atoms with van der Waals surface area (Å²) < 4.78 is 40.7. The molecule has 0 spiro atoms. The minimum absolute atomic E-state index is 0.00285. The molecule has 1 aromatic carbocycles. The highest BCUT2D eigenvalue weighted by molar-refractivity contribution is 6.01. The SMILES string of the molecule is N#Cc1cc(C(F)(F)F)c(-c2ccc3c(c2)CN(C(CCC(=O)O)C(N)=O)C3=O)nc1N. The summed E-state index contributed by atoms with van der Waals surface area (Å²) in [5, 5.41) is 17.8. The molecular weight excluding hydrogens is 431 g/mol. The molecule has 0 fully saturated rings. The Bertz CT molecular complexity index is 1170. The standard InChI is InChI=1S/C20H16F3N5O4/c21-20(22,23)13-6-10(7-24)17(25)27-16(13)9-1-2-12-11(5-9)8-28(19(12)32)14(18(26)31)3-4-15(29)30/h1-2,5-6,14H,3-4,8H2,(H2,25,27)(H2,26,31)(H,29,30). The second-order valence-electron chi connectivity index (χ2n) is 7.08. The van der Waals surface area contributed by atoms with Crippen LogP contribution in [0.3, 0.4) is 0 Å². The molecule has 5 N–H and O–H groups in total. The Morgan fingerprint density at radius 2 is 2.00 bits per heavy atom. The molecule has 9 nitrogen and oxygen atoms in total. The van der Waals surface area contributed by atoms with Crippen LogP contribution in [0.5, 0.6) is 0 Å². The highest BCUT2D eigenvalue weighted by Gasteiger charge is 2.38. The summed E-state index contributed by atoms with van der Waals surface area (Å²) in [7, 11) is 0. The van der Waals surface area contributed by atoms with Crippen LogP contribution in [0.15, 0.2) is 24.3 Å². The van der Waals surface area contributed by atoms with Gasteiger partial charge in [0.15, 0.2) is 0 Å². The lowest BCUT2D eigenvalue weighted by atomic mass is 9.99. The lowest BCUT2D eigenvalue weighted by molar-refractivity contribution is -0.138. The van der Waals surface area contributed by atoms with Gasteiger partial charge in [0.2, 0.25) is 5.91 Å². The molecule has 0 bridgehead atoms. The number of benzene rings is 1. The number of anilines is 1. The van der Waals surface area contributed by atoms with E-state index in [4.69, 9.17) is 21.8 Å². The number of nitriles is 1. The second-order valence-corrected chi connectivity index (χ2v) is 7.08. The van der Waals surface area contributed by atoms with Crippen molar-refractivity contribution in [2.45, 2.75) is 31.6 Å². The van der Waals surface area contributed by atoms with Crippen LogP contribution in [0.1, 0.15) is 39.9 Å². The van der Waals surface area contributed by atoms with Crippen molar-refractivity contribution in [1.29, 1.82) is 5.26 Å². The van der Waals surface area contributed by atoms with E-state index in [1.165, 1.54) is 18.2 Å². The third kappa shape index (κ3) is 4.18. The number of halogens is 3. The van der Waals surface area contributed by atoms with Crippen molar-refractivity contribution >= 4 is 23.6 Å². The fourth-order valence-electron chi connectivity index (χ4n) is 3.51. The maximum absolute atomic E-state index is 13.6. The van der Waals surface area contributed by atoms with Gasteiger partial charge in [-0.15, -0.1) is 0 Å². The van der Waals surface area contributed by atoms with Crippen LogP contribution < -0.4 is 11.5 Å². The zero-order chi connectivity index (χ0) is 23.8. The summed E-state index contributed by atoms with van der Waals surface area (Å²) in [6, 6.07) is 4.83. The number of nitrogen functional groups attached to an aromatic ring is 1. The Morgan fingerprint density at radius 1 is 1.31 bits per heavy atom. The number of aromatic nitrogens is 1. The van der Waals surface area contributed by atoms with Crippen LogP contribution in [-0.4, -0.2) is 38.8 Å². The summed E-state index contributed by atoms with van der Waals surface area (Å²) in [5.74, 6) is -3.04. The highest BCUT2D eigenvalue weighted by Crippen LogP contribution is 2.39. The van der Waals surface area contributed by atoms with Crippen molar-refractivity contribution in [2.24, 2.45) is 5.73 Å². The van der Waals surface area contributed by atoms with E-state index in [1.54, 1.807) is 6.07 Å². The van der Waals surface area contributed by atoms with Gasteiger partial charge < -0.3 is 21.5 Å². The number of pyridine rings is 1. The Labute approximate surface area is 179 Å². The monoisotopic (exact) mass is 447 g/mol. The van der Waals surface area contributed by atoms with Crippen LogP contribution in [0.4, 0.5) is 19.0 Å². The molecule has 1 unspecified atom stereocenters. The van der Waals surface area contributed by atoms with Crippen LogP contribution in [0, 0.1) is 11.3 Å². The van der Waals surface area contributed by atoms with Gasteiger partial charge in [-0.25, -0.2) is 4.98 Å². The molecule has 0 aliphatic carbocycles. The van der Waals surface area contributed by atoms with Gasteiger partial charge in [-0.3, -0.25) is 14.4 Å². The number of aliphatic carboxylic acids is 1. The fraction of sp³-hybridized carbons (Fsp3) is 0.250. The topological polar surface area (TPSA) is 163 Å². The van der Waals surface area contributed by atoms with E-state index >= 15 is 0 Å². The van der Waals surface area contributed by atoms with Crippen molar-refractivity contribution in [1.82, 2.24) is 9.88 Å². The summed E-state index contributed by atoms with van der Waals surface area (Å²) in [6.45, 7) is -0.150. The number of primary amides is 1. The van der Waals surface area contributed by atoms with Gasteiger partial charge in [0.25, 0.3) is 5.91 Å². The first kappa shape index (κ1) is 22.5. The number of alkyl halides is 3. The number of amides is 2. The molecule has 166 valence electrons. The van der Waals surface area contributed by atoms with Gasteiger partial charge >= 0.3 is 12.1 Å². The first-order valence-electron chi connectivity index (χ1n) is 9.17. The molecule has 0 saturated carbocycles. The number of nitrogens with two attached hydrogens (primary N) is 2. The Balaban J connectivity index is 2.03. The predicted octanol–water partition coefficient (Wildman–Crippen LogP) is 1.90. The van der Waals surface area contributed by atoms with Gasteiger partial charge in [0.05, 0.1) is 16.8 Å². The number of carboxylic acids is 1. The zero-order valence-electron chi connectivity index (χ0n) is 16.3. The predicted molar refractivity (Wildman–Crippen MR) is 104 cm³/mol. The summed E-state index contributed by atoms with van der Waals surface area (Å²) in [5.41, 5.74) is 9.29. The fourth-order valence-corrected chi connectivity index (χ4v) is 3.51. The van der Waals surface area contributed by atoms with E-state index in [0.717, 1.165) is 4.90 Å². The van der Waals surface area contributed by atoms with Crippen LogP contribution in [-0.2, 0) is 22.3 Å². The first-order valence-corrected chi connectivity index (χ1v) is 9.17. The van der Waals surface area contributed by atoms with E-state index in [0.29, 0.717) is 11.6 Å². The van der Waals surface area contributed by atoms with E-state index in [1.807, 2.05) is 0 Å². The largest absolute Gasteiger partial charge is 0.481 e. The normalized spacial score (nSPS) is 14.1. The van der Waals surface area contributed by atoms with Crippen LogP contribution in [0.2, 0.25) is 0 Å². The maximum atomic E-state index is 13.6. The molecule has 1 aliphatic rings. The molecule has 1 atom stereocenters. The van der Waals surface area contributed by atoms with E-state index in [9.17, 15) is 27.6 Å². The number of fused-ring (bicyclic) bond motifs is 1. The molecule has 32 heavy (non-hydrogen) atoms. The van der Waals surface area contributed by atoms with E-state index < -0.39 is 53.2 Å². The summed E-state index contributed by atoms with van der Waals surface area (Å²) in [4.78, 5) is 40.2. The number of hydrogen-bond donors (Lipinski definition) is 3. The molecule has 0 radical (unpaired) electrons. The van der Waals surface area contributed by atoms with Gasteiger partial charge in [0.1, 0.15) is 17.9 Å². The van der Waals surface area contributed by atoms with E-state index in [-0.39, 0.29) is 29.9 Å². The zero-order valence-corrected chi connectivity index (χ0v) is 16.3. The van der Waals surface area contributed by atoms with Crippen LogP contribution >= 0.6 is 0 Å². The number of carbonyl (C=O) groups is 3. The molecule has 2 amide bonds. The molecule has 2 heterocycles. The Morgan fingerprint density at radius 3 is 2.56 bits per heavy atom. The Kier molecular flexibility index (Phi) is 5.76.